The van der Waals surface area contributed by atoms with Crippen molar-refractivity contribution >= 4 is 27.5 Å². The van der Waals surface area contributed by atoms with E-state index in [0.29, 0.717) is 6.54 Å². The molecule has 2 N–H and O–H groups in total. The van der Waals surface area contributed by atoms with E-state index in [4.69, 9.17) is 0 Å². The first kappa shape index (κ1) is 14.7. The van der Waals surface area contributed by atoms with Gasteiger partial charge >= 0.3 is 0 Å². The Bertz CT molecular complexity index is 582. The summed E-state index contributed by atoms with van der Waals surface area (Å²) >= 11 is 3.40. The summed E-state index contributed by atoms with van der Waals surface area (Å²) in [6.45, 7) is 1.04. The quantitative estimate of drug-likeness (QED) is 0.792. The van der Waals surface area contributed by atoms with Crippen LogP contribution in [-0.2, 0) is 18.3 Å². The van der Waals surface area contributed by atoms with Gasteiger partial charge in [0.05, 0.1) is 18.4 Å². The summed E-state index contributed by atoms with van der Waals surface area (Å²) in [7, 11) is 1.89. The van der Waals surface area contributed by atoms with Gasteiger partial charge in [-0.25, -0.2) is 0 Å². The van der Waals surface area contributed by atoms with Crippen molar-refractivity contribution in [1.29, 1.82) is 0 Å². The first-order valence-electron chi connectivity index (χ1n) is 6.38. The van der Waals surface area contributed by atoms with Crippen molar-refractivity contribution in [2.24, 2.45) is 7.05 Å². The van der Waals surface area contributed by atoms with Crippen LogP contribution in [-0.4, -0.2) is 28.8 Å². The molecule has 0 spiro atoms. The van der Waals surface area contributed by atoms with Crippen molar-refractivity contribution < 1.29 is 4.79 Å². The fourth-order valence-corrected chi connectivity index (χ4v) is 2.18. The topological polar surface area (TPSA) is 59.0 Å². The van der Waals surface area contributed by atoms with E-state index in [9.17, 15) is 4.79 Å². The zero-order valence-corrected chi connectivity index (χ0v) is 12.9. The van der Waals surface area contributed by atoms with Crippen LogP contribution >= 0.6 is 15.9 Å². The van der Waals surface area contributed by atoms with Crippen LogP contribution in [0, 0.1) is 0 Å². The number of carbonyl (C=O) groups excluding carboxylic acids is 1. The summed E-state index contributed by atoms with van der Waals surface area (Å²) in [5, 5.41) is 10.1. The van der Waals surface area contributed by atoms with E-state index in [-0.39, 0.29) is 5.91 Å². The molecule has 0 unspecified atom stereocenters. The molecule has 106 valence electrons. The van der Waals surface area contributed by atoms with Crippen LogP contribution in [0.3, 0.4) is 0 Å². The van der Waals surface area contributed by atoms with Crippen molar-refractivity contribution in [3.8, 4) is 0 Å². The standard InChI is InChI=1S/C14H17BrN4O/c1-19-10-11(8-17-19)6-7-16-9-14(20)18-13-5-3-2-4-12(13)15/h2-5,8,10,16H,6-7,9H2,1H3,(H,18,20). The third-order valence-corrected chi connectivity index (χ3v) is 3.47. The van der Waals surface area contributed by atoms with Gasteiger partial charge in [0.15, 0.2) is 0 Å². The summed E-state index contributed by atoms with van der Waals surface area (Å²) in [5.74, 6) is -0.0527. The maximum Gasteiger partial charge on any atom is 0.238 e. The molecule has 20 heavy (non-hydrogen) atoms. The molecule has 0 aliphatic carbocycles. The molecule has 0 saturated carbocycles. The number of hydrogen-bond acceptors (Lipinski definition) is 3. The lowest BCUT2D eigenvalue weighted by molar-refractivity contribution is -0.115. The molecular weight excluding hydrogens is 320 g/mol. The van der Waals surface area contributed by atoms with Crippen LogP contribution in [0.4, 0.5) is 5.69 Å². The maximum absolute atomic E-state index is 11.8. The van der Waals surface area contributed by atoms with Gasteiger partial charge in [-0.2, -0.15) is 5.10 Å². The number of amides is 1. The van der Waals surface area contributed by atoms with Crippen LogP contribution in [0.5, 0.6) is 0 Å². The molecular formula is C14H17BrN4O. The molecule has 1 heterocycles. The number of nitrogens with one attached hydrogen (secondary N) is 2. The van der Waals surface area contributed by atoms with Gasteiger partial charge in [0.25, 0.3) is 0 Å². The minimum atomic E-state index is -0.0527. The Kier molecular flexibility index (Phi) is 5.31. The van der Waals surface area contributed by atoms with E-state index < -0.39 is 0 Å². The Balaban J connectivity index is 1.69. The van der Waals surface area contributed by atoms with Crippen LogP contribution in [0.1, 0.15) is 5.56 Å². The van der Waals surface area contributed by atoms with Gasteiger partial charge in [-0.15, -0.1) is 0 Å². The molecule has 0 radical (unpaired) electrons. The third kappa shape index (κ3) is 4.47. The molecule has 0 atom stereocenters. The largest absolute Gasteiger partial charge is 0.324 e. The molecule has 2 aromatic rings. The van der Waals surface area contributed by atoms with Crippen molar-refractivity contribution in [2.45, 2.75) is 6.42 Å². The Morgan fingerprint density at radius 1 is 1.40 bits per heavy atom. The minimum absolute atomic E-state index is 0.0527. The lowest BCUT2D eigenvalue weighted by atomic mass is 10.2. The first-order chi connectivity index (χ1) is 9.65. The van der Waals surface area contributed by atoms with Crippen LogP contribution < -0.4 is 10.6 Å². The van der Waals surface area contributed by atoms with E-state index in [1.165, 1.54) is 0 Å². The lowest BCUT2D eigenvalue weighted by Crippen LogP contribution is -2.29. The van der Waals surface area contributed by atoms with Crippen molar-refractivity contribution in [2.75, 3.05) is 18.4 Å². The molecule has 6 heteroatoms. The second-order valence-electron chi connectivity index (χ2n) is 4.48. The number of aromatic nitrogens is 2. The van der Waals surface area contributed by atoms with Gasteiger partial charge in [0.1, 0.15) is 0 Å². The highest BCUT2D eigenvalue weighted by Crippen LogP contribution is 2.20. The van der Waals surface area contributed by atoms with Crippen LogP contribution in [0.15, 0.2) is 41.1 Å². The molecule has 0 aliphatic heterocycles. The summed E-state index contributed by atoms with van der Waals surface area (Å²) < 4.78 is 2.65. The number of halogens is 1. The molecule has 0 saturated heterocycles. The van der Waals surface area contributed by atoms with Crippen LogP contribution in [0.2, 0.25) is 0 Å². The second kappa shape index (κ2) is 7.21. The van der Waals surface area contributed by atoms with Crippen molar-refractivity contribution in [3.05, 3.63) is 46.7 Å². The third-order valence-electron chi connectivity index (χ3n) is 2.78. The molecule has 0 aliphatic rings. The Labute approximate surface area is 126 Å². The van der Waals surface area contributed by atoms with Crippen molar-refractivity contribution in [1.82, 2.24) is 15.1 Å². The zero-order valence-electron chi connectivity index (χ0n) is 11.3. The van der Waals surface area contributed by atoms with E-state index >= 15 is 0 Å². The lowest BCUT2D eigenvalue weighted by Gasteiger charge is -2.07. The van der Waals surface area contributed by atoms with Gasteiger partial charge in [-0.05, 0) is 46.6 Å². The highest BCUT2D eigenvalue weighted by atomic mass is 79.9. The van der Waals surface area contributed by atoms with Gasteiger partial charge in [0, 0.05) is 17.7 Å². The molecule has 1 aromatic carbocycles. The van der Waals surface area contributed by atoms with Gasteiger partial charge in [-0.1, -0.05) is 12.1 Å². The average molecular weight is 337 g/mol. The monoisotopic (exact) mass is 336 g/mol. The molecule has 0 bridgehead atoms. The number of aryl methyl sites for hydroxylation is 1. The number of benzene rings is 1. The van der Waals surface area contributed by atoms with Crippen LogP contribution in [0.25, 0.3) is 0 Å². The molecule has 5 nitrogen and oxygen atoms in total. The smallest absolute Gasteiger partial charge is 0.238 e. The van der Waals surface area contributed by atoms with E-state index in [1.807, 2.05) is 43.7 Å². The zero-order chi connectivity index (χ0) is 14.4. The fourth-order valence-electron chi connectivity index (χ4n) is 1.79. The summed E-state index contributed by atoms with van der Waals surface area (Å²) in [6.07, 6.45) is 4.67. The summed E-state index contributed by atoms with van der Waals surface area (Å²) in [5.41, 5.74) is 1.94. The first-order valence-corrected chi connectivity index (χ1v) is 7.17. The minimum Gasteiger partial charge on any atom is -0.324 e. The van der Waals surface area contributed by atoms with E-state index in [1.54, 1.807) is 4.68 Å². The second-order valence-corrected chi connectivity index (χ2v) is 5.33. The molecule has 2 rings (SSSR count). The average Bonchev–Trinajstić information content (AvgIpc) is 2.83. The predicted molar refractivity (Wildman–Crippen MR) is 82.6 cm³/mol. The van der Waals surface area contributed by atoms with Gasteiger partial charge in [-0.3, -0.25) is 9.48 Å². The van der Waals surface area contributed by atoms with E-state index in [2.05, 4.69) is 31.7 Å². The number of anilines is 1. The number of nitrogens with zero attached hydrogens (tertiary/aromatic N) is 2. The predicted octanol–water partition coefficient (Wildman–Crippen LogP) is 1.95. The van der Waals surface area contributed by atoms with Crippen molar-refractivity contribution in [3.63, 3.8) is 0 Å². The van der Waals surface area contributed by atoms with Gasteiger partial charge < -0.3 is 10.6 Å². The molecule has 1 aromatic heterocycles. The summed E-state index contributed by atoms with van der Waals surface area (Å²) in [4.78, 5) is 11.8. The highest BCUT2D eigenvalue weighted by Gasteiger charge is 2.04. The number of para-hydroxylation sites is 1. The number of hydrogen-bond donors (Lipinski definition) is 2. The van der Waals surface area contributed by atoms with Gasteiger partial charge in [0.2, 0.25) is 5.91 Å². The SMILES string of the molecule is Cn1cc(CCNCC(=O)Nc2ccccc2Br)cn1. The van der Waals surface area contributed by atoms with E-state index in [0.717, 1.165) is 28.7 Å². The maximum atomic E-state index is 11.8. The summed E-state index contributed by atoms with van der Waals surface area (Å²) in [6, 6.07) is 7.55. The Morgan fingerprint density at radius 2 is 2.20 bits per heavy atom. The Hall–Kier alpha value is -1.66. The normalized spacial score (nSPS) is 10.5. The number of carbonyl (C=O) groups is 1. The highest BCUT2D eigenvalue weighted by molar-refractivity contribution is 9.10. The Morgan fingerprint density at radius 3 is 2.90 bits per heavy atom. The number of rotatable bonds is 6. The molecule has 0 fully saturated rings. The molecule has 1 amide bonds. The fraction of sp³-hybridized carbons (Fsp3) is 0.286.